The number of carbonyl (C=O) groups is 1. The van der Waals surface area contributed by atoms with Gasteiger partial charge < -0.3 is 15.8 Å². The fourth-order valence-electron chi connectivity index (χ4n) is 4.16. The van der Waals surface area contributed by atoms with Crippen molar-refractivity contribution in [1.82, 2.24) is 29.5 Å². The molecule has 1 amide bonds. The minimum absolute atomic E-state index is 0.0498. The molecule has 0 aliphatic carbocycles. The summed E-state index contributed by atoms with van der Waals surface area (Å²) in [7, 11) is 1.57. The minimum Gasteiger partial charge on any atom is -0.381 e. The molecule has 0 fully saturated rings. The predicted molar refractivity (Wildman–Crippen MR) is 144 cm³/mol. The second-order valence-electron chi connectivity index (χ2n) is 8.64. The summed E-state index contributed by atoms with van der Waals surface area (Å²) in [5.41, 5.74) is 7.83. The predicted octanol–water partition coefficient (Wildman–Crippen LogP) is 2.89. The van der Waals surface area contributed by atoms with Crippen molar-refractivity contribution < 1.29 is 9.53 Å². The lowest BCUT2D eigenvalue weighted by molar-refractivity contribution is 0.0940. The van der Waals surface area contributed by atoms with Gasteiger partial charge in [-0.05, 0) is 44.2 Å². The van der Waals surface area contributed by atoms with Crippen molar-refractivity contribution in [2.24, 2.45) is 0 Å². The van der Waals surface area contributed by atoms with Gasteiger partial charge >= 0.3 is 0 Å². The first-order valence-corrected chi connectivity index (χ1v) is 11.9. The number of para-hydroxylation sites is 1. The normalized spacial score (nSPS) is 12.6. The maximum Gasteiger partial charge on any atom is 0.267 e. The molecule has 0 aliphatic heterocycles. The zero-order chi connectivity index (χ0) is 26.8. The lowest BCUT2D eigenvalue weighted by Crippen LogP contribution is -2.33. The zero-order valence-electron chi connectivity index (χ0n) is 21.0. The molecular weight excluding hydrogens is 482 g/mol. The number of nitrogens with zero attached hydrogens (tertiary/aromatic N) is 5. The van der Waals surface area contributed by atoms with Gasteiger partial charge in [-0.2, -0.15) is 0 Å². The van der Waals surface area contributed by atoms with Crippen LogP contribution in [0.4, 0.5) is 5.82 Å². The van der Waals surface area contributed by atoms with E-state index in [2.05, 4.69) is 27.2 Å². The van der Waals surface area contributed by atoms with Crippen molar-refractivity contribution >= 4 is 28.3 Å². The second kappa shape index (κ2) is 10.2. The van der Waals surface area contributed by atoms with E-state index in [9.17, 15) is 9.59 Å². The number of aromatic nitrogens is 5. The van der Waals surface area contributed by atoms with Crippen molar-refractivity contribution in [1.29, 1.82) is 0 Å². The lowest BCUT2D eigenvalue weighted by Gasteiger charge is -2.20. The highest BCUT2D eigenvalue weighted by Gasteiger charge is 2.24. The second-order valence-corrected chi connectivity index (χ2v) is 8.64. The summed E-state index contributed by atoms with van der Waals surface area (Å²) >= 11 is 0. The molecule has 38 heavy (non-hydrogen) atoms. The fourth-order valence-corrected chi connectivity index (χ4v) is 4.16. The summed E-state index contributed by atoms with van der Waals surface area (Å²) in [6.07, 6.45) is 2.92. The number of benzene rings is 2. The Labute approximate surface area is 218 Å². The maximum absolute atomic E-state index is 14.0. The molecule has 0 spiro atoms. The first kappa shape index (κ1) is 24.7. The van der Waals surface area contributed by atoms with E-state index in [1.807, 2.05) is 25.1 Å². The SMILES string of the molecule is COC(C)C#Cc1cccc2nc([C@@H](C)NC(=O)c3c(N)nn4cccnc34)n(-c3ccccc3)c(=O)c12. The number of amides is 1. The van der Waals surface area contributed by atoms with E-state index in [0.29, 0.717) is 33.6 Å². The Morgan fingerprint density at radius 3 is 2.66 bits per heavy atom. The first-order chi connectivity index (χ1) is 18.4. The van der Waals surface area contributed by atoms with E-state index < -0.39 is 11.9 Å². The van der Waals surface area contributed by atoms with Gasteiger partial charge in [-0.15, -0.1) is 5.10 Å². The molecule has 5 aromatic rings. The molecule has 10 heteroatoms. The molecule has 2 aromatic carbocycles. The van der Waals surface area contributed by atoms with Gasteiger partial charge in [-0.25, -0.2) is 14.5 Å². The van der Waals surface area contributed by atoms with E-state index >= 15 is 0 Å². The Balaban J connectivity index is 1.65. The zero-order valence-corrected chi connectivity index (χ0v) is 21.0. The number of nitrogens with two attached hydrogens (primary N) is 1. The summed E-state index contributed by atoms with van der Waals surface area (Å²) in [6.45, 7) is 3.58. The molecule has 10 nitrogen and oxygen atoms in total. The van der Waals surface area contributed by atoms with Gasteiger partial charge in [0, 0.05) is 25.1 Å². The van der Waals surface area contributed by atoms with E-state index in [4.69, 9.17) is 15.5 Å². The molecule has 2 atom stereocenters. The van der Waals surface area contributed by atoms with Crippen LogP contribution in [-0.2, 0) is 4.74 Å². The molecule has 3 aromatic heterocycles. The number of hydrogen-bond acceptors (Lipinski definition) is 7. The van der Waals surface area contributed by atoms with Gasteiger partial charge in [0.25, 0.3) is 11.5 Å². The van der Waals surface area contributed by atoms with E-state index in [0.717, 1.165) is 0 Å². The van der Waals surface area contributed by atoms with Crippen molar-refractivity contribution in [3.8, 4) is 17.5 Å². The van der Waals surface area contributed by atoms with Gasteiger partial charge in [-0.3, -0.25) is 14.2 Å². The smallest absolute Gasteiger partial charge is 0.267 e. The van der Waals surface area contributed by atoms with Crippen LogP contribution < -0.4 is 16.6 Å². The molecule has 5 rings (SSSR count). The Morgan fingerprint density at radius 1 is 1.11 bits per heavy atom. The van der Waals surface area contributed by atoms with Crippen molar-refractivity contribution in [2.75, 3.05) is 12.8 Å². The van der Waals surface area contributed by atoms with Crippen LogP contribution in [0, 0.1) is 11.8 Å². The number of anilines is 1. The van der Waals surface area contributed by atoms with Gasteiger partial charge in [0.05, 0.1) is 22.6 Å². The van der Waals surface area contributed by atoms with Crippen molar-refractivity contribution in [2.45, 2.75) is 26.0 Å². The average molecular weight is 508 g/mol. The van der Waals surface area contributed by atoms with Crippen LogP contribution in [0.25, 0.3) is 22.2 Å². The third-order valence-corrected chi connectivity index (χ3v) is 6.09. The van der Waals surface area contributed by atoms with Crippen LogP contribution in [0.3, 0.4) is 0 Å². The molecule has 0 saturated carbocycles. The molecule has 0 radical (unpaired) electrons. The summed E-state index contributed by atoms with van der Waals surface area (Å²) < 4.78 is 8.17. The van der Waals surface area contributed by atoms with Crippen LogP contribution in [0.5, 0.6) is 0 Å². The molecule has 3 N–H and O–H groups in total. The quantitative estimate of drug-likeness (QED) is 0.350. The summed E-state index contributed by atoms with van der Waals surface area (Å²) in [6, 6.07) is 15.5. The number of methoxy groups -OCH3 is 1. The molecular formula is C28H25N7O3. The number of fused-ring (bicyclic) bond motifs is 2. The molecule has 0 bridgehead atoms. The fraction of sp³-hybridized carbons (Fsp3) is 0.179. The van der Waals surface area contributed by atoms with Gasteiger partial charge in [-0.1, -0.05) is 36.1 Å². The Bertz CT molecular complexity index is 1780. The van der Waals surface area contributed by atoms with Gasteiger partial charge in [0.2, 0.25) is 0 Å². The molecule has 1 unspecified atom stereocenters. The van der Waals surface area contributed by atoms with Crippen molar-refractivity contribution in [3.05, 3.63) is 94.3 Å². The third-order valence-electron chi connectivity index (χ3n) is 6.09. The number of nitrogen functional groups attached to an aromatic ring is 1. The Kier molecular flexibility index (Phi) is 6.60. The molecule has 0 saturated heterocycles. The number of carbonyl (C=O) groups excluding carboxylic acids is 1. The van der Waals surface area contributed by atoms with E-state index in [-0.39, 0.29) is 23.0 Å². The van der Waals surface area contributed by atoms with Crippen LogP contribution in [0.1, 0.15) is 41.6 Å². The number of rotatable bonds is 5. The highest BCUT2D eigenvalue weighted by atomic mass is 16.5. The third kappa shape index (κ3) is 4.47. The van der Waals surface area contributed by atoms with Crippen LogP contribution in [-0.4, -0.2) is 43.3 Å². The topological polar surface area (TPSA) is 129 Å². The Hall–Kier alpha value is -5.01. The number of nitrogens with one attached hydrogen (secondary N) is 1. The molecule has 3 heterocycles. The van der Waals surface area contributed by atoms with E-state index in [1.165, 1.54) is 9.08 Å². The van der Waals surface area contributed by atoms with Crippen LogP contribution in [0.2, 0.25) is 0 Å². The van der Waals surface area contributed by atoms with Crippen LogP contribution >= 0.6 is 0 Å². The minimum atomic E-state index is -0.680. The summed E-state index contributed by atoms with van der Waals surface area (Å²) in [5.74, 6) is 5.96. The molecule has 190 valence electrons. The van der Waals surface area contributed by atoms with Crippen LogP contribution in [0.15, 0.2) is 71.8 Å². The summed E-state index contributed by atoms with van der Waals surface area (Å²) in [5, 5.41) is 7.46. The number of ether oxygens (including phenoxy) is 1. The largest absolute Gasteiger partial charge is 0.381 e. The monoisotopic (exact) mass is 507 g/mol. The Morgan fingerprint density at radius 2 is 1.89 bits per heavy atom. The van der Waals surface area contributed by atoms with Gasteiger partial charge in [0.15, 0.2) is 11.5 Å². The summed E-state index contributed by atoms with van der Waals surface area (Å²) in [4.78, 5) is 36.4. The highest BCUT2D eigenvalue weighted by Crippen LogP contribution is 2.22. The maximum atomic E-state index is 14.0. The first-order valence-electron chi connectivity index (χ1n) is 11.9. The lowest BCUT2D eigenvalue weighted by atomic mass is 10.1. The average Bonchev–Trinajstić information content (AvgIpc) is 3.27. The molecule has 0 aliphatic rings. The van der Waals surface area contributed by atoms with Gasteiger partial charge in [0.1, 0.15) is 17.5 Å². The highest BCUT2D eigenvalue weighted by molar-refractivity contribution is 6.04. The standard InChI is InChI=1S/C28H25N7O3/c1-17(38-3)13-14-19-9-7-12-21-22(19)28(37)35(20-10-5-4-6-11-20)25(32-21)18(2)31-27(36)23-24(29)33-34-16-8-15-30-26(23)34/h4-12,15-18H,1-3H3,(H2,29,33)(H,31,36)/t17?,18-/m1/s1. The van der Waals surface area contributed by atoms with Crippen molar-refractivity contribution in [3.63, 3.8) is 0 Å². The number of hydrogen-bond donors (Lipinski definition) is 2. The van der Waals surface area contributed by atoms with E-state index in [1.54, 1.807) is 62.8 Å².